The van der Waals surface area contributed by atoms with Gasteiger partial charge in [-0.2, -0.15) is 0 Å². The molecule has 2 aromatic heterocycles. The number of benzene rings is 2. The standard InChI is InChI=1S/C22H22N4O2S/c1-13-9-17(11-23-19(27)12-29-22-26-25-15(3)28-22)21-18(10-13)14(2)20(24-21)16-7-5-4-6-8-16/h4-10,24H,11-12H2,1-3H3,(H,23,27). The molecule has 148 valence electrons. The lowest BCUT2D eigenvalue weighted by molar-refractivity contribution is -0.118. The second kappa shape index (κ2) is 8.13. The van der Waals surface area contributed by atoms with Crippen LogP contribution in [0.1, 0.15) is 22.6 Å². The highest BCUT2D eigenvalue weighted by atomic mass is 32.2. The van der Waals surface area contributed by atoms with E-state index in [2.05, 4.69) is 58.6 Å². The zero-order chi connectivity index (χ0) is 20.4. The van der Waals surface area contributed by atoms with Gasteiger partial charge in [-0.15, -0.1) is 10.2 Å². The van der Waals surface area contributed by atoms with Gasteiger partial charge in [0, 0.05) is 24.5 Å². The minimum atomic E-state index is -0.0768. The molecular weight excluding hydrogens is 384 g/mol. The van der Waals surface area contributed by atoms with Crippen LogP contribution in [0.2, 0.25) is 0 Å². The highest BCUT2D eigenvalue weighted by Gasteiger charge is 2.14. The molecule has 0 saturated heterocycles. The minimum Gasteiger partial charge on any atom is -0.416 e. The van der Waals surface area contributed by atoms with E-state index in [1.165, 1.54) is 28.3 Å². The molecule has 2 heterocycles. The highest BCUT2D eigenvalue weighted by molar-refractivity contribution is 7.99. The molecule has 2 aromatic carbocycles. The molecule has 0 aliphatic rings. The molecular formula is C22H22N4O2S. The van der Waals surface area contributed by atoms with Gasteiger partial charge in [-0.1, -0.05) is 53.7 Å². The Morgan fingerprint density at radius 2 is 1.93 bits per heavy atom. The van der Waals surface area contributed by atoms with Crippen LogP contribution in [0.25, 0.3) is 22.2 Å². The third-order valence-electron chi connectivity index (χ3n) is 4.77. The van der Waals surface area contributed by atoms with Crippen LogP contribution in [0.15, 0.2) is 52.1 Å². The maximum absolute atomic E-state index is 12.3. The fourth-order valence-corrected chi connectivity index (χ4v) is 4.03. The summed E-state index contributed by atoms with van der Waals surface area (Å²) < 4.78 is 5.28. The molecule has 0 aliphatic heterocycles. The summed E-state index contributed by atoms with van der Waals surface area (Å²) in [6.07, 6.45) is 0. The highest BCUT2D eigenvalue weighted by Crippen LogP contribution is 2.32. The minimum absolute atomic E-state index is 0.0768. The Labute approximate surface area is 173 Å². The number of nitrogens with zero attached hydrogens (tertiary/aromatic N) is 2. The van der Waals surface area contributed by atoms with Crippen LogP contribution < -0.4 is 5.32 Å². The number of amides is 1. The second-order valence-corrected chi connectivity index (χ2v) is 7.92. The van der Waals surface area contributed by atoms with Crippen molar-refractivity contribution in [1.29, 1.82) is 0 Å². The largest absolute Gasteiger partial charge is 0.416 e. The number of carbonyl (C=O) groups is 1. The smallest absolute Gasteiger partial charge is 0.277 e. The number of aryl methyl sites for hydroxylation is 3. The van der Waals surface area contributed by atoms with Crippen molar-refractivity contribution < 1.29 is 9.21 Å². The number of hydrogen-bond acceptors (Lipinski definition) is 5. The molecule has 6 nitrogen and oxygen atoms in total. The maximum atomic E-state index is 12.3. The number of aromatic nitrogens is 3. The molecule has 1 amide bonds. The van der Waals surface area contributed by atoms with Crippen LogP contribution in [0.3, 0.4) is 0 Å². The Morgan fingerprint density at radius 1 is 1.14 bits per heavy atom. The normalized spacial score (nSPS) is 11.1. The Balaban J connectivity index is 1.53. The predicted molar refractivity (Wildman–Crippen MR) is 115 cm³/mol. The van der Waals surface area contributed by atoms with Gasteiger partial charge in [-0.05, 0) is 36.6 Å². The lowest BCUT2D eigenvalue weighted by Gasteiger charge is -2.07. The molecule has 0 bridgehead atoms. The molecule has 7 heteroatoms. The van der Waals surface area contributed by atoms with E-state index in [1.807, 2.05) is 18.2 Å². The average molecular weight is 407 g/mol. The lowest BCUT2D eigenvalue weighted by atomic mass is 10.0. The van der Waals surface area contributed by atoms with Crippen molar-refractivity contribution in [1.82, 2.24) is 20.5 Å². The van der Waals surface area contributed by atoms with E-state index in [4.69, 9.17) is 4.42 Å². The van der Waals surface area contributed by atoms with Gasteiger partial charge < -0.3 is 14.7 Å². The van der Waals surface area contributed by atoms with Gasteiger partial charge in [0.05, 0.1) is 11.3 Å². The molecule has 2 N–H and O–H groups in total. The molecule has 0 radical (unpaired) electrons. The van der Waals surface area contributed by atoms with Crippen molar-refractivity contribution in [3.8, 4) is 11.3 Å². The number of hydrogen-bond donors (Lipinski definition) is 2. The number of fused-ring (bicyclic) bond motifs is 1. The molecule has 0 aliphatic carbocycles. The topological polar surface area (TPSA) is 83.8 Å². The summed E-state index contributed by atoms with van der Waals surface area (Å²) in [4.78, 5) is 15.8. The number of carbonyl (C=O) groups excluding carboxylic acids is 1. The predicted octanol–water partition coefficient (Wildman–Crippen LogP) is 4.55. The van der Waals surface area contributed by atoms with E-state index in [9.17, 15) is 4.79 Å². The van der Waals surface area contributed by atoms with Crippen molar-refractivity contribution in [2.45, 2.75) is 32.5 Å². The van der Waals surface area contributed by atoms with Gasteiger partial charge in [0.2, 0.25) is 11.8 Å². The average Bonchev–Trinajstić information content (AvgIpc) is 3.28. The van der Waals surface area contributed by atoms with Crippen LogP contribution in [-0.4, -0.2) is 26.8 Å². The van der Waals surface area contributed by atoms with Crippen LogP contribution in [0.4, 0.5) is 0 Å². The van der Waals surface area contributed by atoms with Crippen LogP contribution in [0, 0.1) is 20.8 Å². The van der Waals surface area contributed by atoms with Gasteiger partial charge in [0.1, 0.15) is 0 Å². The monoisotopic (exact) mass is 406 g/mol. The van der Waals surface area contributed by atoms with E-state index in [-0.39, 0.29) is 11.7 Å². The number of rotatable bonds is 6. The fourth-order valence-electron chi connectivity index (χ4n) is 3.40. The van der Waals surface area contributed by atoms with E-state index in [0.29, 0.717) is 17.7 Å². The molecule has 0 fully saturated rings. The van der Waals surface area contributed by atoms with E-state index in [0.717, 1.165) is 22.3 Å². The van der Waals surface area contributed by atoms with E-state index >= 15 is 0 Å². The summed E-state index contributed by atoms with van der Waals surface area (Å²) in [5.74, 6) is 0.647. The van der Waals surface area contributed by atoms with Crippen molar-refractivity contribution >= 4 is 28.6 Å². The molecule has 0 unspecified atom stereocenters. The van der Waals surface area contributed by atoms with Crippen molar-refractivity contribution in [2.24, 2.45) is 0 Å². The summed E-state index contributed by atoms with van der Waals surface area (Å²) in [7, 11) is 0. The van der Waals surface area contributed by atoms with Gasteiger partial charge in [-0.3, -0.25) is 4.79 Å². The quantitative estimate of drug-likeness (QED) is 0.459. The Morgan fingerprint density at radius 3 is 2.66 bits per heavy atom. The molecule has 4 rings (SSSR count). The summed E-state index contributed by atoms with van der Waals surface area (Å²) in [6.45, 7) is 6.38. The second-order valence-electron chi connectivity index (χ2n) is 6.99. The van der Waals surface area contributed by atoms with Crippen molar-refractivity contribution in [2.75, 3.05) is 5.75 Å². The van der Waals surface area contributed by atoms with Crippen molar-refractivity contribution in [3.63, 3.8) is 0 Å². The van der Waals surface area contributed by atoms with E-state index in [1.54, 1.807) is 6.92 Å². The first-order chi connectivity index (χ1) is 14.0. The van der Waals surface area contributed by atoms with Gasteiger partial charge >= 0.3 is 0 Å². The Hall–Kier alpha value is -3.06. The Bertz CT molecular complexity index is 1160. The van der Waals surface area contributed by atoms with Crippen LogP contribution in [0.5, 0.6) is 0 Å². The summed E-state index contributed by atoms with van der Waals surface area (Å²) in [5.41, 5.74) is 6.77. The van der Waals surface area contributed by atoms with Crippen LogP contribution >= 0.6 is 11.8 Å². The number of thioether (sulfide) groups is 1. The first kappa shape index (κ1) is 19.3. The van der Waals surface area contributed by atoms with Gasteiger partial charge in [0.15, 0.2) is 0 Å². The maximum Gasteiger partial charge on any atom is 0.277 e. The molecule has 0 saturated carbocycles. The molecule has 4 aromatic rings. The van der Waals surface area contributed by atoms with Gasteiger partial charge in [0.25, 0.3) is 5.22 Å². The number of H-pyrrole nitrogens is 1. The summed E-state index contributed by atoms with van der Waals surface area (Å²) >= 11 is 1.23. The van der Waals surface area contributed by atoms with Gasteiger partial charge in [-0.25, -0.2) is 0 Å². The third-order valence-corrected chi connectivity index (χ3v) is 5.58. The lowest BCUT2D eigenvalue weighted by Crippen LogP contribution is -2.24. The first-order valence-corrected chi connectivity index (χ1v) is 10.4. The first-order valence-electron chi connectivity index (χ1n) is 9.38. The molecule has 0 atom stereocenters. The molecule has 29 heavy (non-hydrogen) atoms. The number of aromatic amines is 1. The zero-order valence-electron chi connectivity index (χ0n) is 16.6. The fraction of sp³-hybridized carbons (Fsp3) is 0.227. The third kappa shape index (κ3) is 4.19. The van der Waals surface area contributed by atoms with E-state index < -0.39 is 0 Å². The van der Waals surface area contributed by atoms with Crippen LogP contribution in [-0.2, 0) is 11.3 Å². The SMILES string of the molecule is Cc1cc(CNC(=O)CSc2nnc(C)o2)c2[nH]c(-c3ccccc3)c(C)c2c1. The summed E-state index contributed by atoms with van der Waals surface area (Å²) in [6, 6.07) is 14.6. The summed E-state index contributed by atoms with van der Waals surface area (Å²) in [5, 5.41) is 12.2. The Kier molecular flexibility index (Phi) is 5.40. The zero-order valence-corrected chi connectivity index (χ0v) is 17.4. The molecule has 0 spiro atoms. The number of nitrogens with one attached hydrogen (secondary N) is 2. The van der Waals surface area contributed by atoms with Crippen molar-refractivity contribution in [3.05, 3.63) is 65.0 Å².